The normalized spacial score (nSPS) is 19.9. The summed E-state index contributed by atoms with van der Waals surface area (Å²) >= 11 is 12.0. The summed E-state index contributed by atoms with van der Waals surface area (Å²) in [6.07, 6.45) is 2.46. The number of likely N-dealkylation sites (tertiary alicyclic amines) is 1. The Bertz CT molecular complexity index is 961. The fourth-order valence-corrected chi connectivity index (χ4v) is 4.35. The Morgan fingerprint density at radius 1 is 1.24 bits per heavy atom. The van der Waals surface area contributed by atoms with Gasteiger partial charge in [-0.15, -0.1) is 0 Å². The third-order valence-electron chi connectivity index (χ3n) is 6.18. The van der Waals surface area contributed by atoms with E-state index in [1.807, 2.05) is 12.1 Å². The van der Waals surface area contributed by atoms with Crippen molar-refractivity contribution in [3.63, 3.8) is 0 Å². The molecule has 34 heavy (non-hydrogen) atoms. The Morgan fingerprint density at radius 2 is 1.91 bits per heavy atom. The van der Waals surface area contributed by atoms with E-state index in [0.717, 1.165) is 37.5 Å². The smallest absolute Gasteiger partial charge is 0.224 e. The van der Waals surface area contributed by atoms with Gasteiger partial charge >= 0.3 is 0 Å². The van der Waals surface area contributed by atoms with Crippen molar-refractivity contribution in [2.45, 2.75) is 51.3 Å². The van der Waals surface area contributed by atoms with Gasteiger partial charge in [0.2, 0.25) is 5.91 Å². The van der Waals surface area contributed by atoms with Crippen LogP contribution in [0.1, 0.15) is 38.7 Å². The van der Waals surface area contributed by atoms with Crippen LogP contribution < -0.4 is 20.3 Å². The van der Waals surface area contributed by atoms with Crippen molar-refractivity contribution < 1.29 is 30.0 Å². The quantitative estimate of drug-likeness (QED) is 0.315. The highest BCUT2D eigenvalue weighted by atomic mass is 35.5. The van der Waals surface area contributed by atoms with Gasteiger partial charge < -0.3 is 30.5 Å². The van der Waals surface area contributed by atoms with Crippen molar-refractivity contribution in [1.82, 2.24) is 0 Å². The first kappa shape index (κ1) is 26.6. The minimum absolute atomic E-state index is 0.0141. The highest BCUT2D eigenvalue weighted by molar-refractivity contribution is 6.32. The van der Waals surface area contributed by atoms with E-state index in [4.69, 9.17) is 27.9 Å². The Hall–Kier alpha value is -2.03. The molecule has 1 amide bonds. The molecule has 1 heterocycles. The molecule has 186 valence electrons. The summed E-state index contributed by atoms with van der Waals surface area (Å²) in [4.78, 5) is 13.4. The molecule has 0 spiro atoms. The molecule has 1 atom stereocenters. The predicted molar refractivity (Wildman–Crippen MR) is 134 cm³/mol. The molecule has 6 N–H and O–H groups in total. The van der Waals surface area contributed by atoms with E-state index in [1.54, 1.807) is 18.7 Å². The summed E-state index contributed by atoms with van der Waals surface area (Å²) in [5.74, 6) is -0.0791. The average Bonchev–Trinajstić information content (AvgIpc) is 2.81. The maximum absolute atomic E-state index is 11.8. The van der Waals surface area contributed by atoms with E-state index >= 15 is 0 Å². The van der Waals surface area contributed by atoms with Crippen LogP contribution in [0.4, 0.5) is 5.69 Å². The van der Waals surface area contributed by atoms with Crippen LogP contribution in [-0.2, 0) is 11.3 Å². The second kappa shape index (κ2) is 12.1. The number of ether oxygens (including phenoxy) is 1. The molecule has 1 aliphatic rings. The number of aliphatic hydroxyl groups is 1. The summed E-state index contributed by atoms with van der Waals surface area (Å²) in [7, 11) is 0. The molecule has 2 aromatic carbocycles. The van der Waals surface area contributed by atoms with Crippen molar-refractivity contribution in [2.75, 3.05) is 31.6 Å². The lowest BCUT2D eigenvalue weighted by molar-refractivity contribution is -0.926. The fraction of sp³-hybridized carbons (Fsp3) is 0.480. The Morgan fingerprint density at radius 3 is 2.56 bits per heavy atom. The Labute approximate surface area is 211 Å². The number of hydrogen-bond acceptors (Lipinski definition) is 4. The highest BCUT2D eigenvalue weighted by Crippen LogP contribution is 2.35. The number of aromatic hydroxyl groups is 1. The molecule has 0 radical (unpaired) electrons. The van der Waals surface area contributed by atoms with Gasteiger partial charge in [0.05, 0.1) is 29.8 Å². The zero-order chi connectivity index (χ0) is 24.7. The van der Waals surface area contributed by atoms with E-state index < -0.39 is 5.60 Å². The number of amides is 1. The number of carbonyl (C=O) groups is 1. The van der Waals surface area contributed by atoms with Crippen LogP contribution in [-0.4, -0.2) is 54.0 Å². The van der Waals surface area contributed by atoms with E-state index in [2.05, 4.69) is 22.8 Å². The van der Waals surface area contributed by atoms with E-state index in [9.17, 15) is 15.0 Å². The zero-order valence-electron chi connectivity index (χ0n) is 19.7. The third kappa shape index (κ3) is 8.03. The molecule has 0 aliphatic carbocycles. The number of hydrogen-bond donors (Lipinski definition) is 5. The third-order valence-corrected chi connectivity index (χ3v) is 6.73. The minimum Gasteiger partial charge on any atom is -0.506 e. The summed E-state index contributed by atoms with van der Waals surface area (Å²) in [6, 6.07) is 11.3. The number of carbonyl (C=O) groups excluding carboxylic acids is 1. The van der Waals surface area contributed by atoms with Gasteiger partial charge in [0.25, 0.3) is 0 Å². The molecule has 7 nitrogen and oxygen atoms in total. The van der Waals surface area contributed by atoms with Crippen molar-refractivity contribution in [2.24, 2.45) is 0 Å². The maximum atomic E-state index is 11.8. The molecule has 9 heteroatoms. The van der Waals surface area contributed by atoms with Crippen LogP contribution in [0.2, 0.25) is 10.0 Å². The lowest BCUT2D eigenvalue weighted by atomic mass is 10.0. The molecule has 1 fully saturated rings. The number of benzene rings is 2. The molecule has 1 aliphatic heterocycles. The van der Waals surface area contributed by atoms with Crippen LogP contribution in [0.15, 0.2) is 36.4 Å². The van der Waals surface area contributed by atoms with Gasteiger partial charge in [0, 0.05) is 35.9 Å². The second-order valence-electron chi connectivity index (χ2n) is 9.32. The zero-order valence-corrected chi connectivity index (χ0v) is 21.3. The lowest BCUT2D eigenvalue weighted by Crippen LogP contribution is -3.13. The first-order valence-electron chi connectivity index (χ1n) is 11.7. The van der Waals surface area contributed by atoms with E-state index in [0.29, 0.717) is 24.7 Å². The van der Waals surface area contributed by atoms with Crippen LogP contribution >= 0.6 is 23.2 Å². The first-order chi connectivity index (χ1) is 16.1. The topological polar surface area (TPSA) is 99.8 Å². The summed E-state index contributed by atoms with van der Waals surface area (Å²) in [5, 5.41) is 26.6. The standard InChI is InChI=1S/C25H33Cl2N3O4/c1-3-24(32)29-21-12-20(27)22(31)13-23(21)34-16-25(2,33)15-28-19-8-10-30(11-9-19)14-17-4-6-18(26)7-5-17/h4-7,12-13,19,28,31,33H,3,8-11,14-16H2,1-2H3,(H,29,32)/p+2/t25-/m0/s1. The van der Waals surface area contributed by atoms with Gasteiger partial charge in [-0.3, -0.25) is 4.79 Å². The SMILES string of the molecule is CCC(=O)Nc1cc(Cl)c(O)cc1OC[C@@](C)(O)C[NH2+]C1CC[NH+](Cc2ccc(Cl)cc2)CC1. The molecule has 0 bridgehead atoms. The van der Waals surface area contributed by atoms with Crippen molar-refractivity contribution in [3.05, 3.63) is 52.0 Å². The number of phenolic OH excluding ortho intramolecular Hbond substituents is 1. The summed E-state index contributed by atoms with van der Waals surface area (Å²) in [5.41, 5.74) is 0.573. The van der Waals surface area contributed by atoms with Crippen LogP contribution in [0.3, 0.4) is 0 Å². The molecule has 2 aromatic rings. The van der Waals surface area contributed by atoms with Crippen LogP contribution in [0, 0.1) is 0 Å². The van der Waals surface area contributed by atoms with Gasteiger partial charge in [0.15, 0.2) is 0 Å². The number of nitrogens with one attached hydrogen (secondary N) is 2. The minimum atomic E-state index is -1.09. The maximum Gasteiger partial charge on any atom is 0.224 e. The summed E-state index contributed by atoms with van der Waals surface area (Å²) < 4.78 is 5.80. The van der Waals surface area contributed by atoms with Gasteiger partial charge in [-0.25, -0.2) is 0 Å². The second-order valence-corrected chi connectivity index (χ2v) is 10.2. The van der Waals surface area contributed by atoms with Gasteiger partial charge in [-0.2, -0.15) is 0 Å². The largest absolute Gasteiger partial charge is 0.506 e. The van der Waals surface area contributed by atoms with Crippen molar-refractivity contribution in [3.8, 4) is 11.5 Å². The number of piperidine rings is 1. The average molecular weight is 512 g/mol. The fourth-order valence-electron chi connectivity index (χ4n) is 4.06. The van der Waals surface area contributed by atoms with Gasteiger partial charge in [-0.1, -0.05) is 42.3 Å². The van der Waals surface area contributed by atoms with Crippen molar-refractivity contribution >= 4 is 34.8 Å². The first-order valence-corrected chi connectivity index (χ1v) is 12.5. The van der Waals surface area contributed by atoms with Gasteiger partial charge in [-0.05, 0) is 25.1 Å². The number of phenols is 1. The molecule has 0 unspecified atom stereocenters. The number of quaternary nitrogens is 2. The predicted octanol–water partition coefficient (Wildman–Crippen LogP) is 1.99. The molecule has 0 saturated carbocycles. The summed E-state index contributed by atoms with van der Waals surface area (Å²) in [6.45, 7) is 7.15. The van der Waals surface area contributed by atoms with E-state index in [1.165, 1.54) is 17.7 Å². The highest BCUT2D eigenvalue weighted by Gasteiger charge is 2.30. The number of anilines is 1. The van der Waals surface area contributed by atoms with Gasteiger partial charge in [0.1, 0.15) is 36.8 Å². The molecule has 1 saturated heterocycles. The molecular weight excluding hydrogens is 477 g/mol. The molecule has 0 aromatic heterocycles. The number of rotatable bonds is 10. The van der Waals surface area contributed by atoms with E-state index in [-0.39, 0.29) is 29.0 Å². The number of halogens is 2. The van der Waals surface area contributed by atoms with Crippen LogP contribution in [0.5, 0.6) is 11.5 Å². The molecular formula is C25H35Cl2N3O4+2. The lowest BCUT2D eigenvalue weighted by Gasteiger charge is -2.30. The Kier molecular flexibility index (Phi) is 9.45. The molecule has 3 rings (SSSR count). The van der Waals surface area contributed by atoms with Crippen LogP contribution in [0.25, 0.3) is 0 Å². The number of nitrogens with two attached hydrogens (primary N) is 1. The Balaban J connectivity index is 1.46. The monoisotopic (exact) mass is 511 g/mol. The van der Waals surface area contributed by atoms with Crippen molar-refractivity contribution in [1.29, 1.82) is 0 Å².